The molecule has 0 saturated heterocycles. The minimum Gasteiger partial charge on any atom is -0.756 e. The molecular formula is C52H104NO7P. The average Bonchev–Trinajstić information content (AvgIpc) is 3.22. The molecule has 0 aliphatic rings. The second-order valence-corrected chi connectivity index (χ2v) is 20.7. The first-order valence-electron chi connectivity index (χ1n) is 26.4. The number of carbonyl (C=O) groups excluding carboxylic acids is 1. The Morgan fingerprint density at radius 2 is 0.852 bits per heavy atom. The molecule has 9 heteroatoms. The van der Waals surface area contributed by atoms with Gasteiger partial charge in [0, 0.05) is 13.0 Å². The van der Waals surface area contributed by atoms with Gasteiger partial charge in [-0.25, -0.2) is 0 Å². The molecule has 0 spiro atoms. The van der Waals surface area contributed by atoms with Crippen molar-refractivity contribution < 1.29 is 37.3 Å². The lowest BCUT2D eigenvalue weighted by Gasteiger charge is -2.28. The number of nitrogens with zero attached hydrogens (tertiary/aromatic N) is 1. The first kappa shape index (κ1) is 60.2. The molecule has 364 valence electrons. The van der Waals surface area contributed by atoms with E-state index in [1.165, 1.54) is 193 Å². The highest BCUT2D eigenvalue weighted by Crippen LogP contribution is 2.38. The summed E-state index contributed by atoms with van der Waals surface area (Å²) in [6.07, 6.45) is 52.5. The van der Waals surface area contributed by atoms with Gasteiger partial charge in [0.2, 0.25) is 0 Å². The van der Waals surface area contributed by atoms with Gasteiger partial charge < -0.3 is 27.9 Å². The van der Waals surface area contributed by atoms with E-state index in [2.05, 4.69) is 26.0 Å². The summed E-state index contributed by atoms with van der Waals surface area (Å²) in [6, 6.07) is 0. The van der Waals surface area contributed by atoms with Gasteiger partial charge in [0.1, 0.15) is 19.3 Å². The van der Waals surface area contributed by atoms with Gasteiger partial charge in [-0.05, 0) is 38.5 Å². The van der Waals surface area contributed by atoms with E-state index in [-0.39, 0.29) is 25.8 Å². The number of unbranched alkanes of at least 4 members (excludes halogenated alkanes) is 34. The zero-order valence-electron chi connectivity index (χ0n) is 41.4. The highest BCUT2D eigenvalue weighted by Gasteiger charge is 2.20. The Morgan fingerprint density at radius 3 is 1.25 bits per heavy atom. The topological polar surface area (TPSA) is 94.1 Å². The smallest absolute Gasteiger partial charge is 0.306 e. The van der Waals surface area contributed by atoms with Crippen molar-refractivity contribution in [1.82, 2.24) is 0 Å². The summed E-state index contributed by atoms with van der Waals surface area (Å²) in [7, 11) is 1.37. The molecule has 0 bridgehead atoms. The van der Waals surface area contributed by atoms with Crippen LogP contribution in [0.2, 0.25) is 0 Å². The highest BCUT2D eigenvalue weighted by atomic mass is 31.2. The number of hydrogen-bond donors (Lipinski definition) is 0. The van der Waals surface area contributed by atoms with Crippen LogP contribution < -0.4 is 4.89 Å². The second kappa shape index (κ2) is 45.8. The van der Waals surface area contributed by atoms with Gasteiger partial charge in [0.25, 0.3) is 7.82 Å². The minimum absolute atomic E-state index is 0.0280. The standard InChI is InChI=1S/C52H104NO7P/c1-6-8-10-12-14-16-18-20-22-23-24-25-26-27-28-29-30-31-32-34-36-38-40-42-44-47-57-49-51(50-59-61(55,56)58-48-46-53(3,4)5)60-52(54)45-43-41-39-37-35-33-21-19-17-15-13-11-9-7-2/h19,21,51H,6-18,20,22-50H2,1-5H3/b21-19-. The van der Waals surface area contributed by atoms with Crippen molar-refractivity contribution in [2.24, 2.45) is 0 Å². The number of carbonyl (C=O) groups is 1. The van der Waals surface area contributed by atoms with E-state index in [9.17, 15) is 14.3 Å². The van der Waals surface area contributed by atoms with Gasteiger partial charge in [-0.2, -0.15) is 0 Å². The number of quaternary nitrogens is 1. The summed E-state index contributed by atoms with van der Waals surface area (Å²) in [5.74, 6) is -0.337. The molecule has 8 nitrogen and oxygen atoms in total. The molecule has 0 heterocycles. The third-order valence-corrected chi connectivity index (χ3v) is 12.8. The SMILES string of the molecule is CCCCCCC/C=C\CCCCCCCC(=O)OC(COCCCCCCCCCCCCCCCCCCCCCCCCCCC)COP(=O)([O-])OCC[N+](C)(C)C. The van der Waals surface area contributed by atoms with Crippen molar-refractivity contribution in [2.45, 2.75) is 264 Å². The molecule has 2 atom stereocenters. The molecule has 0 aliphatic carbocycles. The fourth-order valence-electron chi connectivity index (χ4n) is 7.72. The number of phosphoric acid groups is 1. The Labute approximate surface area is 380 Å². The summed E-state index contributed by atoms with van der Waals surface area (Å²) in [5.41, 5.74) is 0. The van der Waals surface area contributed by atoms with Gasteiger partial charge >= 0.3 is 5.97 Å². The van der Waals surface area contributed by atoms with Gasteiger partial charge in [-0.1, -0.05) is 225 Å². The number of esters is 1. The Bertz CT molecular complexity index is 987. The van der Waals surface area contributed by atoms with Crippen LogP contribution in [-0.2, 0) is 27.9 Å². The summed E-state index contributed by atoms with van der Waals surface area (Å²) in [4.78, 5) is 25.1. The van der Waals surface area contributed by atoms with Gasteiger partial charge in [-0.3, -0.25) is 9.36 Å². The molecule has 0 radical (unpaired) electrons. The Hall–Kier alpha value is -0.760. The van der Waals surface area contributed by atoms with E-state index >= 15 is 0 Å². The monoisotopic (exact) mass is 886 g/mol. The van der Waals surface area contributed by atoms with E-state index in [0.717, 1.165) is 44.9 Å². The molecule has 61 heavy (non-hydrogen) atoms. The van der Waals surface area contributed by atoms with Crippen molar-refractivity contribution in [3.8, 4) is 0 Å². The van der Waals surface area contributed by atoms with E-state index in [0.29, 0.717) is 24.1 Å². The van der Waals surface area contributed by atoms with Gasteiger partial charge in [-0.15, -0.1) is 0 Å². The largest absolute Gasteiger partial charge is 0.756 e. The number of ether oxygens (including phenoxy) is 2. The number of phosphoric ester groups is 1. The van der Waals surface area contributed by atoms with Crippen molar-refractivity contribution in [2.75, 3.05) is 54.1 Å². The molecule has 0 aromatic heterocycles. The molecule has 0 fully saturated rings. The summed E-state index contributed by atoms with van der Waals surface area (Å²) in [6.45, 7) is 5.45. The van der Waals surface area contributed by atoms with Crippen LogP contribution in [0.1, 0.15) is 258 Å². The molecule has 0 N–H and O–H groups in total. The van der Waals surface area contributed by atoms with Crippen LogP contribution in [0.4, 0.5) is 0 Å². The minimum atomic E-state index is -4.53. The normalized spacial score (nSPS) is 13.6. The van der Waals surface area contributed by atoms with Crippen LogP contribution in [0.25, 0.3) is 0 Å². The molecule has 0 saturated carbocycles. The van der Waals surface area contributed by atoms with Crippen LogP contribution in [0, 0.1) is 0 Å². The number of likely N-dealkylation sites (N-methyl/N-ethyl adjacent to an activating group) is 1. The maximum atomic E-state index is 12.7. The van der Waals surface area contributed by atoms with Gasteiger partial charge in [0.15, 0.2) is 0 Å². The zero-order valence-corrected chi connectivity index (χ0v) is 42.3. The van der Waals surface area contributed by atoms with Crippen molar-refractivity contribution in [3.63, 3.8) is 0 Å². The molecule has 0 aromatic rings. The third kappa shape index (κ3) is 50.1. The Morgan fingerprint density at radius 1 is 0.492 bits per heavy atom. The predicted molar refractivity (Wildman–Crippen MR) is 259 cm³/mol. The molecule has 0 aromatic carbocycles. The lowest BCUT2D eigenvalue weighted by Crippen LogP contribution is -2.37. The quantitative estimate of drug-likeness (QED) is 0.0197. The van der Waals surface area contributed by atoms with Crippen LogP contribution in [-0.4, -0.2) is 70.7 Å². The maximum Gasteiger partial charge on any atom is 0.306 e. The fraction of sp³-hybridized carbons (Fsp3) is 0.942. The first-order chi connectivity index (χ1) is 29.6. The lowest BCUT2D eigenvalue weighted by atomic mass is 10.0. The summed E-state index contributed by atoms with van der Waals surface area (Å²) < 4.78 is 34.7. The van der Waals surface area contributed by atoms with Crippen molar-refractivity contribution in [3.05, 3.63) is 12.2 Å². The zero-order chi connectivity index (χ0) is 44.8. The molecule has 0 rings (SSSR count). The van der Waals surface area contributed by atoms with Crippen molar-refractivity contribution in [1.29, 1.82) is 0 Å². The molecule has 2 unspecified atom stereocenters. The van der Waals surface area contributed by atoms with E-state index in [1.807, 2.05) is 21.1 Å². The van der Waals surface area contributed by atoms with E-state index in [1.54, 1.807) is 0 Å². The average molecular weight is 886 g/mol. The third-order valence-electron chi connectivity index (χ3n) is 11.8. The van der Waals surface area contributed by atoms with Gasteiger partial charge in [0.05, 0.1) is 34.4 Å². The predicted octanol–water partition coefficient (Wildman–Crippen LogP) is 15.5. The molecule has 0 aliphatic heterocycles. The maximum absolute atomic E-state index is 12.7. The number of rotatable bonds is 50. The number of allylic oxidation sites excluding steroid dienone is 2. The Balaban J connectivity index is 4.01. The second-order valence-electron chi connectivity index (χ2n) is 19.2. The lowest BCUT2D eigenvalue weighted by molar-refractivity contribution is -0.870. The number of hydrogen-bond acceptors (Lipinski definition) is 7. The fourth-order valence-corrected chi connectivity index (χ4v) is 8.45. The summed E-state index contributed by atoms with van der Waals surface area (Å²) in [5, 5.41) is 0. The van der Waals surface area contributed by atoms with E-state index < -0.39 is 13.9 Å². The van der Waals surface area contributed by atoms with Crippen LogP contribution in [0.5, 0.6) is 0 Å². The van der Waals surface area contributed by atoms with E-state index in [4.69, 9.17) is 18.5 Å². The Kier molecular flexibility index (Phi) is 45.2. The van der Waals surface area contributed by atoms with Crippen molar-refractivity contribution >= 4 is 13.8 Å². The molecule has 0 amide bonds. The molecular weight excluding hydrogens is 782 g/mol. The first-order valence-corrected chi connectivity index (χ1v) is 27.9. The highest BCUT2D eigenvalue weighted by molar-refractivity contribution is 7.45. The summed E-state index contributed by atoms with van der Waals surface area (Å²) >= 11 is 0. The van der Waals surface area contributed by atoms with Crippen LogP contribution in [0.15, 0.2) is 12.2 Å². The van der Waals surface area contributed by atoms with Crippen LogP contribution in [0.3, 0.4) is 0 Å². The van der Waals surface area contributed by atoms with Crippen LogP contribution >= 0.6 is 7.82 Å².